The second-order valence-corrected chi connectivity index (χ2v) is 5.96. The number of aryl methyl sites for hydroxylation is 1. The molecule has 2 aromatic rings. The van der Waals surface area contributed by atoms with Crippen LogP contribution in [0.2, 0.25) is 0 Å². The minimum atomic E-state index is -0.0238. The minimum Gasteiger partial charge on any atom is -0.332 e. The summed E-state index contributed by atoms with van der Waals surface area (Å²) in [5, 5.41) is 0. The largest absolute Gasteiger partial charge is 0.332 e. The van der Waals surface area contributed by atoms with Gasteiger partial charge < -0.3 is 14.4 Å². The first-order valence-electron chi connectivity index (χ1n) is 7.88. The maximum atomic E-state index is 12.6. The summed E-state index contributed by atoms with van der Waals surface area (Å²) in [6.45, 7) is 2.03. The van der Waals surface area contributed by atoms with Crippen LogP contribution in [0.4, 0.5) is 5.69 Å². The summed E-state index contributed by atoms with van der Waals surface area (Å²) in [7, 11) is 0. The van der Waals surface area contributed by atoms with Gasteiger partial charge in [-0.25, -0.2) is 4.98 Å². The van der Waals surface area contributed by atoms with E-state index in [0.29, 0.717) is 19.5 Å². The van der Waals surface area contributed by atoms with Gasteiger partial charge in [-0.05, 0) is 18.1 Å². The molecule has 0 saturated heterocycles. The standard InChI is InChI=1S/C17H18N4O2/c22-16-6-5-13-3-1-2-4-14(13)21(16)12-17(23)20-10-9-19-8-7-18-15(19)11-20/h1-4,7-8H,5-6,9-12H2. The predicted octanol–water partition coefficient (Wildman–Crippen LogP) is 1.20. The number of rotatable bonds is 2. The molecule has 4 rings (SSSR count). The van der Waals surface area contributed by atoms with Crippen LogP contribution in [-0.2, 0) is 29.1 Å². The zero-order valence-electron chi connectivity index (χ0n) is 12.8. The first-order valence-corrected chi connectivity index (χ1v) is 7.88. The topological polar surface area (TPSA) is 58.4 Å². The Morgan fingerprint density at radius 2 is 2.04 bits per heavy atom. The Labute approximate surface area is 134 Å². The van der Waals surface area contributed by atoms with E-state index in [0.717, 1.165) is 30.0 Å². The lowest BCUT2D eigenvalue weighted by Gasteiger charge is -2.33. The van der Waals surface area contributed by atoms with Gasteiger partial charge in [0.1, 0.15) is 12.4 Å². The molecule has 1 aromatic carbocycles. The van der Waals surface area contributed by atoms with Crippen LogP contribution in [0, 0.1) is 0 Å². The van der Waals surface area contributed by atoms with Gasteiger partial charge in [-0.1, -0.05) is 18.2 Å². The van der Waals surface area contributed by atoms with Gasteiger partial charge in [0, 0.05) is 37.6 Å². The first kappa shape index (κ1) is 14.0. The molecule has 6 heteroatoms. The summed E-state index contributed by atoms with van der Waals surface area (Å²) in [6, 6.07) is 7.82. The van der Waals surface area contributed by atoms with Crippen LogP contribution in [0.15, 0.2) is 36.7 Å². The van der Waals surface area contributed by atoms with Crippen LogP contribution in [0.1, 0.15) is 17.8 Å². The molecule has 6 nitrogen and oxygen atoms in total. The number of carbonyl (C=O) groups is 2. The van der Waals surface area contributed by atoms with E-state index in [2.05, 4.69) is 9.55 Å². The first-order chi connectivity index (χ1) is 11.2. The van der Waals surface area contributed by atoms with Crippen LogP contribution in [0.5, 0.6) is 0 Å². The van der Waals surface area contributed by atoms with Crippen LogP contribution in [0.3, 0.4) is 0 Å². The SMILES string of the molecule is O=C(CN1C(=O)CCc2ccccc21)N1CCn2ccnc2C1. The molecule has 0 unspecified atom stereocenters. The fourth-order valence-electron chi connectivity index (χ4n) is 3.29. The molecule has 0 bridgehead atoms. The summed E-state index contributed by atoms with van der Waals surface area (Å²) in [4.78, 5) is 32.6. The predicted molar refractivity (Wildman–Crippen MR) is 84.8 cm³/mol. The highest BCUT2D eigenvalue weighted by Crippen LogP contribution is 2.27. The summed E-state index contributed by atoms with van der Waals surface area (Å²) in [5.74, 6) is 0.898. The van der Waals surface area contributed by atoms with Gasteiger partial charge >= 0.3 is 0 Å². The molecule has 2 aliphatic heterocycles. The zero-order chi connectivity index (χ0) is 15.8. The second-order valence-electron chi connectivity index (χ2n) is 5.96. The Morgan fingerprint density at radius 3 is 2.96 bits per heavy atom. The average Bonchev–Trinajstić information content (AvgIpc) is 3.05. The third-order valence-corrected chi connectivity index (χ3v) is 4.58. The van der Waals surface area contributed by atoms with Gasteiger partial charge in [-0.15, -0.1) is 0 Å². The monoisotopic (exact) mass is 310 g/mol. The number of hydrogen-bond acceptors (Lipinski definition) is 3. The van der Waals surface area contributed by atoms with Gasteiger partial charge in [0.25, 0.3) is 0 Å². The van der Waals surface area contributed by atoms with E-state index in [1.54, 1.807) is 16.0 Å². The molecule has 0 fully saturated rings. The number of aromatic nitrogens is 2. The number of benzene rings is 1. The molecule has 2 amide bonds. The molecule has 1 aromatic heterocycles. The van der Waals surface area contributed by atoms with Crippen LogP contribution >= 0.6 is 0 Å². The van der Waals surface area contributed by atoms with Crippen molar-refractivity contribution in [2.75, 3.05) is 18.0 Å². The van der Waals surface area contributed by atoms with Crippen molar-refractivity contribution in [3.8, 4) is 0 Å². The number of anilines is 1. The van der Waals surface area contributed by atoms with Gasteiger partial charge in [0.2, 0.25) is 11.8 Å². The molecule has 0 saturated carbocycles. The Hall–Kier alpha value is -2.63. The van der Waals surface area contributed by atoms with E-state index in [9.17, 15) is 9.59 Å². The number of fused-ring (bicyclic) bond motifs is 2. The van der Waals surface area contributed by atoms with Crippen molar-refractivity contribution in [1.29, 1.82) is 0 Å². The molecule has 0 spiro atoms. The summed E-state index contributed by atoms with van der Waals surface area (Å²) in [6.07, 6.45) is 4.91. The number of imidazole rings is 1. The Kier molecular flexibility index (Phi) is 3.37. The average molecular weight is 310 g/mol. The highest BCUT2D eigenvalue weighted by atomic mass is 16.2. The Bertz CT molecular complexity index is 767. The molecule has 0 N–H and O–H groups in total. The molecule has 0 aliphatic carbocycles. The van der Waals surface area contributed by atoms with E-state index in [4.69, 9.17) is 0 Å². The maximum Gasteiger partial charge on any atom is 0.243 e. The lowest BCUT2D eigenvalue weighted by molar-refractivity contribution is -0.132. The molecule has 118 valence electrons. The second kappa shape index (κ2) is 5.53. The summed E-state index contributed by atoms with van der Waals surface area (Å²) < 4.78 is 2.06. The van der Waals surface area contributed by atoms with Crippen molar-refractivity contribution < 1.29 is 9.59 Å². The summed E-state index contributed by atoms with van der Waals surface area (Å²) in [5.41, 5.74) is 2.00. The third kappa shape index (κ3) is 2.50. The normalized spacial score (nSPS) is 17.0. The Balaban J connectivity index is 1.52. The van der Waals surface area contributed by atoms with Crippen molar-refractivity contribution in [1.82, 2.24) is 14.5 Å². The lowest BCUT2D eigenvalue weighted by atomic mass is 10.0. The lowest BCUT2D eigenvalue weighted by Crippen LogP contribution is -2.47. The molecule has 23 heavy (non-hydrogen) atoms. The number of carbonyl (C=O) groups excluding carboxylic acids is 2. The van der Waals surface area contributed by atoms with E-state index in [-0.39, 0.29) is 18.4 Å². The van der Waals surface area contributed by atoms with Crippen molar-refractivity contribution in [2.45, 2.75) is 25.9 Å². The molecule has 0 atom stereocenters. The van der Waals surface area contributed by atoms with Crippen molar-refractivity contribution >= 4 is 17.5 Å². The van der Waals surface area contributed by atoms with Crippen LogP contribution < -0.4 is 4.90 Å². The fourth-order valence-corrected chi connectivity index (χ4v) is 3.29. The molecular formula is C17H18N4O2. The van der Waals surface area contributed by atoms with Gasteiger partial charge in [0.15, 0.2) is 0 Å². The van der Waals surface area contributed by atoms with Crippen LogP contribution in [-0.4, -0.2) is 39.4 Å². The third-order valence-electron chi connectivity index (χ3n) is 4.58. The van der Waals surface area contributed by atoms with E-state index < -0.39 is 0 Å². The van der Waals surface area contributed by atoms with E-state index in [1.807, 2.05) is 30.5 Å². The molecule has 3 heterocycles. The summed E-state index contributed by atoms with van der Waals surface area (Å²) >= 11 is 0. The van der Waals surface area contributed by atoms with E-state index >= 15 is 0 Å². The van der Waals surface area contributed by atoms with E-state index in [1.165, 1.54) is 0 Å². The number of para-hydroxylation sites is 1. The maximum absolute atomic E-state index is 12.6. The number of nitrogens with zero attached hydrogens (tertiary/aromatic N) is 4. The molecule has 2 aliphatic rings. The highest BCUT2D eigenvalue weighted by Gasteiger charge is 2.28. The molecular weight excluding hydrogens is 292 g/mol. The quantitative estimate of drug-likeness (QED) is 0.837. The number of hydrogen-bond donors (Lipinski definition) is 0. The van der Waals surface area contributed by atoms with Gasteiger partial charge in [0.05, 0.1) is 6.54 Å². The van der Waals surface area contributed by atoms with Crippen molar-refractivity contribution in [3.63, 3.8) is 0 Å². The molecule has 0 radical (unpaired) electrons. The minimum absolute atomic E-state index is 0.0237. The number of amides is 2. The Morgan fingerprint density at radius 1 is 1.17 bits per heavy atom. The van der Waals surface area contributed by atoms with Crippen molar-refractivity contribution in [3.05, 3.63) is 48.0 Å². The zero-order valence-corrected chi connectivity index (χ0v) is 12.8. The highest BCUT2D eigenvalue weighted by molar-refractivity contribution is 6.01. The van der Waals surface area contributed by atoms with Crippen LogP contribution in [0.25, 0.3) is 0 Å². The van der Waals surface area contributed by atoms with Crippen molar-refractivity contribution in [2.24, 2.45) is 0 Å². The van der Waals surface area contributed by atoms with Gasteiger partial charge in [-0.3, -0.25) is 9.59 Å². The smallest absolute Gasteiger partial charge is 0.243 e. The van der Waals surface area contributed by atoms with Gasteiger partial charge in [-0.2, -0.15) is 0 Å². The fraction of sp³-hybridized carbons (Fsp3) is 0.353.